The van der Waals surface area contributed by atoms with Crippen LogP contribution in [-0.2, 0) is 0 Å². The molecule has 1 unspecified atom stereocenters. The first kappa shape index (κ1) is 12.0. The Labute approximate surface area is 89.1 Å². The molecule has 1 aliphatic carbocycles. The Balaban J connectivity index is 2.06. The lowest BCUT2D eigenvalue weighted by molar-refractivity contribution is 0.291. The number of nitrogens with one attached hydrogen (secondary N) is 1. The van der Waals surface area contributed by atoms with Crippen LogP contribution in [0.2, 0.25) is 0 Å². The van der Waals surface area contributed by atoms with Crippen LogP contribution < -0.4 is 5.32 Å². The molecule has 0 saturated heterocycles. The highest BCUT2D eigenvalue weighted by Gasteiger charge is 2.29. The minimum atomic E-state index is 0.797. The molecule has 0 aromatic rings. The molecule has 1 rings (SSSR count). The number of hydrogen-bond acceptors (Lipinski definition) is 2. The van der Waals surface area contributed by atoms with Gasteiger partial charge in [0.05, 0.1) is 0 Å². The maximum Gasteiger partial charge on any atom is 0.0107 e. The predicted molar refractivity (Wildman–Crippen MR) is 62.6 cm³/mol. The normalized spacial score (nSPS) is 18.9. The number of likely N-dealkylation sites (N-methyl/N-ethyl adjacent to an activating group) is 1. The van der Waals surface area contributed by atoms with Gasteiger partial charge in [-0.2, -0.15) is 0 Å². The fraction of sp³-hybridized carbons (Fsp3) is 1.00. The van der Waals surface area contributed by atoms with Crippen molar-refractivity contribution in [2.24, 2.45) is 5.92 Å². The lowest BCUT2D eigenvalue weighted by Gasteiger charge is -2.21. The summed E-state index contributed by atoms with van der Waals surface area (Å²) in [5, 5.41) is 3.69. The van der Waals surface area contributed by atoms with E-state index in [4.69, 9.17) is 0 Å². The molecule has 1 N–H and O–H groups in total. The van der Waals surface area contributed by atoms with E-state index in [1.54, 1.807) is 0 Å². The topological polar surface area (TPSA) is 15.3 Å². The monoisotopic (exact) mass is 198 g/mol. The summed E-state index contributed by atoms with van der Waals surface area (Å²) in [5.74, 6) is 0.997. The first-order valence-corrected chi connectivity index (χ1v) is 6.27. The van der Waals surface area contributed by atoms with Crippen LogP contribution in [0.4, 0.5) is 0 Å². The smallest absolute Gasteiger partial charge is 0.0107 e. The molecule has 2 nitrogen and oxygen atoms in total. The van der Waals surface area contributed by atoms with Gasteiger partial charge in [-0.3, -0.25) is 0 Å². The molecule has 1 saturated carbocycles. The molecule has 0 spiro atoms. The van der Waals surface area contributed by atoms with E-state index in [1.165, 1.54) is 38.9 Å². The van der Waals surface area contributed by atoms with Crippen LogP contribution in [0.1, 0.15) is 40.0 Å². The van der Waals surface area contributed by atoms with Gasteiger partial charge < -0.3 is 10.2 Å². The minimum Gasteiger partial charge on any atom is -0.312 e. The standard InChI is InChI=1S/C12H26N2/c1-4-12(11-7-8-11)13-9-10-14(5-2)6-3/h11-13H,4-10H2,1-3H3. The van der Waals surface area contributed by atoms with Crippen LogP contribution in [0.3, 0.4) is 0 Å². The Morgan fingerprint density at radius 1 is 1.21 bits per heavy atom. The molecule has 0 aliphatic heterocycles. The molecule has 0 aromatic heterocycles. The molecular weight excluding hydrogens is 172 g/mol. The molecule has 2 heteroatoms. The van der Waals surface area contributed by atoms with Crippen molar-refractivity contribution in [2.45, 2.75) is 46.1 Å². The van der Waals surface area contributed by atoms with Crippen LogP contribution in [0, 0.1) is 5.92 Å². The zero-order valence-corrected chi connectivity index (χ0v) is 10.1. The molecule has 1 fully saturated rings. The molecule has 0 amide bonds. The molecule has 0 radical (unpaired) electrons. The molecule has 0 heterocycles. The van der Waals surface area contributed by atoms with E-state index in [1.807, 2.05) is 0 Å². The van der Waals surface area contributed by atoms with Gasteiger partial charge in [-0.25, -0.2) is 0 Å². The Morgan fingerprint density at radius 2 is 1.86 bits per heavy atom. The highest BCUT2D eigenvalue weighted by molar-refractivity contribution is 4.85. The van der Waals surface area contributed by atoms with E-state index >= 15 is 0 Å². The van der Waals surface area contributed by atoms with Crippen molar-refractivity contribution in [1.82, 2.24) is 10.2 Å². The van der Waals surface area contributed by atoms with Crippen LogP contribution in [0.25, 0.3) is 0 Å². The average molecular weight is 198 g/mol. The maximum absolute atomic E-state index is 3.69. The summed E-state index contributed by atoms with van der Waals surface area (Å²) in [6.07, 6.45) is 4.20. The zero-order valence-electron chi connectivity index (χ0n) is 10.1. The van der Waals surface area contributed by atoms with Gasteiger partial charge in [-0.05, 0) is 38.3 Å². The van der Waals surface area contributed by atoms with Crippen molar-refractivity contribution < 1.29 is 0 Å². The van der Waals surface area contributed by atoms with Gasteiger partial charge in [0.1, 0.15) is 0 Å². The molecule has 1 aliphatic rings. The molecule has 0 aromatic carbocycles. The fourth-order valence-corrected chi connectivity index (χ4v) is 2.09. The fourth-order valence-electron chi connectivity index (χ4n) is 2.09. The van der Waals surface area contributed by atoms with E-state index in [0.717, 1.165) is 18.5 Å². The van der Waals surface area contributed by atoms with Gasteiger partial charge in [0, 0.05) is 19.1 Å². The predicted octanol–water partition coefficient (Wildman–Crippen LogP) is 2.11. The summed E-state index contributed by atoms with van der Waals surface area (Å²) in [7, 11) is 0. The first-order chi connectivity index (χ1) is 6.81. The summed E-state index contributed by atoms with van der Waals surface area (Å²) in [5.41, 5.74) is 0. The van der Waals surface area contributed by atoms with Crippen molar-refractivity contribution in [1.29, 1.82) is 0 Å². The van der Waals surface area contributed by atoms with E-state index < -0.39 is 0 Å². The van der Waals surface area contributed by atoms with E-state index in [9.17, 15) is 0 Å². The van der Waals surface area contributed by atoms with Crippen LogP contribution in [0.15, 0.2) is 0 Å². The quantitative estimate of drug-likeness (QED) is 0.642. The minimum absolute atomic E-state index is 0.797. The molecule has 0 bridgehead atoms. The van der Waals surface area contributed by atoms with Gasteiger partial charge in [0.2, 0.25) is 0 Å². The van der Waals surface area contributed by atoms with Gasteiger partial charge >= 0.3 is 0 Å². The van der Waals surface area contributed by atoms with Gasteiger partial charge in [0.25, 0.3) is 0 Å². The maximum atomic E-state index is 3.69. The summed E-state index contributed by atoms with van der Waals surface area (Å²) in [6, 6.07) is 0.797. The van der Waals surface area contributed by atoms with E-state index in [-0.39, 0.29) is 0 Å². The van der Waals surface area contributed by atoms with Crippen molar-refractivity contribution in [3.8, 4) is 0 Å². The third kappa shape index (κ3) is 3.97. The average Bonchev–Trinajstić information content (AvgIpc) is 3.02. The lowest BCUT2D eigenvalue weighted by Crippen LogP contribution is -2.37. The Hall–Kier alpha value is -0.0800. The summed E-state index contributed by atoms with van der Waals surface area (Å²) < 4.78 is 0. The van der Waals surface area contributed by atoms with Crippen LogP contribution >= 0.6 is 0 Å². The van der Waals surface area contributed by atoms with E-state index in [2.05, 4.69) is 31.0 Å². The highest BCUT2D eigenvalue weighted by atomic mass is 15.1. The summed E-state index contributed by atoms with van der Waals surface area (Å²) in [4.78, 5) is 2.48. The van der Waals surface area contributed by atoms with Crippen LogP contribution in [-0.4, -0.2) is 37.1 Å². The second kappa shape index (κ2) is 6.41. The highest BCUT2D eigenvalue weighted by Crippen LogP contribution is 2.33. The van der Waals surface area contributed by atoms with Crippen LogP contribution in [0.5, 0.6) is 0 Å². The van der Waals surface area contributed by atoms with Gasteiger partial charge in [-0.1, -0.05) is 20.8 Å². The molecule has 14 heavy (non-hydrogen) atoms. The lowest BCUT2D eigenvalue weighted by atomic mass is 10.1. The zero-order chi connectivity index (χ0) is 10.4. The molecule has 84 valence electrons. The van der Waals surface area contributed by atoms with E-state index in [0.29, 0.717) is 0 Å². The number of hydrogen-bond donors (Lipinski definition) is 1. The second-order valence-electron chi connectivity index (χ2n) is 4.33. The van der Waals surface area contributed by atoms with Crippen molar-refractivity contribution in [3.63, 3.8) is 0 Å². The summed E-state index contributed by atoms with van der Waals surface area (Å²) >= 11 is 0. The molecule has 1 atom stereocenters. The Bertz CT molecular complexity index is 139. The van der Waals surface area contributed by atoms with Crippen molar-refractivity contribution in [2.75, 3.05) is 26.2 Å². The van der Waals surface area contributed by atoms with Gasteiger partial charge in [0.15, 0.2) is 0 Å². The number of rotatable bonds is 8. The first-order valence-electron chi connectivity index (χ1n) is 6.27. The van der Waals surface area contributed by atoms with Crippen molar-refractivity contribution in [3.05, 3.63) is 0 Å². The van der Waals surface area contributed by atoms with Gasteiger partial charge in [-0.15, -0.1) is 0 Å². The second-order valence-corrected chi connectivity index (χ2v) is 4.33. The number of nitrogens with zero attached hydrogens (tertiary/aromatic N) is 1. The summed E-state index contributed by atoms with van der Waals surface area (Å²) in [6.45, 7) is 11.5. The third-order valence-electron chi connectivity index (χ3n) is 3.36. The Morgan fingerprint density at radius 3 is 2.29 bits per heavy atom. The SMILES string of the molecule is CCC(NCCN(CC)CC)C1CC1. The molecular formula is C12H26N2. The Kier molecular flexibility index (Phi) is 5.49. The largest absolute Gasteiger partial charge is 0.312 e. The third-order valence-corrected chi connectivity index (χ3v) is 3.36. The van der Waals surface area contributed by atoms with Crippen molar-refractivity contribution >= 4 is 0 Å².